The molecule has 0 fully saturated rings. The summed E-state index contributed by atoms with van der Waals surface area (Å²) >= 11 is 0. The van der Waals surface area contributed by atoms with Crippen molar-refractivity contribution in [3.05, 3.63) is 29.8 Å². The number of ketones is 1. The van der Waals surface area contributed by atoms with Gasteiger partial charge in [-0.3, -0.25) is 4.79 Å². The lowest BCUT2D eigenvalue weighted by Gasteiger charge is -2.26. The van der Waals surface area contributed by atoms with Gasteiger partial charge >= 0.3 is 0 Å². The topological polar surface area (TPSA) is 52.3 Å². The summed E-state index contributed by atoms with van der Waals surface area (Å²) in [6.45, 7) is 8.30. The molecule has 0 aliphatic rings. The Hall–Kier alpha value is -1.35. The van der Waals surface area contributed by atoms with E-state index in [0.717, 1.165) is 0 Å². The third-order valence-corrected chi connectivity index (χ3v) is 2.67. The number of benzene rings is 1. The number of hydrogen-bond acceptors (Lipinski definition) is 3. The Kier molecular flexibility index (Phi) is 4.29. The van der Waals surface area contributed by atoms with E-state index in [2.05, 4.69) is 0 Å². The standard InChI is InChI=1S/C14H21NO2/c1-5-17-11-9-7-6-8-10(11)12(16)13(15)14(2,3)4/h6-9,13H,5,15H2,1-4H3. The molecule has 0 heterocycles. The lowest BCUT2D eigenvalue weighted by Crippen LogP contribution is -2.42. The zero-order chi connectivity index (χ0) is 13.1. The summed E-state index contributed by atoms with van der Waals surface area (Å²) < 4.78 is 5.44. The second kappa shape index (κ2) is 5.32. The van der Waals surface area contributed by atoms with E-state index >= 15 is 0 Å². The van der Waals surface area contributed by atoms with Gasteiger partial charge in [0.25, 0.3) is 0 Å². The van der Waals surface area contributed by atoms with Crippen LogP contribution in [-0.2, 0) is 0 Å². The van der Waals surface area contributed by atoms with E-state index in [4.69, 9.17) is 10.5 Å². The van der Waals surface area contributed by atoms with Gasteiger partial charge in [-0.25, -0.2) is 0 Å². The third kappa shape index (κ3) is 3.30. The maximum Gasteiger partial charge on any atom is 0.183 e. The summed E-state index contributed by atoms with van der Waals surface area (Å²) in [7, 11) is 0. The quantitative estimate of drug-likeness (QED) is 0.816. The highest BCUT2D eigenvalue weighted by atomic mass is 16.5. The molecule has 2 N–H and O–H groups in total. The Bertz CT molecular complexity index is 393. The number of hydrogen-bond donors (Lipinski definition) is 1. The van der Waals surface area contributed by atoms with Crippen LogP contribution in [0.4, 0.5) is 0 Å². The normalized spacial score (nSPS) is 13.2. The number of Topliss-reactive ketones (excluding diaryl/α,β-unsaturated/α-hetero) is 1. The summed E-state index contributed by atoms with van der Waals surface area (Å²) in [6.07, 6.45) is 0. The largest absolute Gasteiger partial charge is 0.493 e. The number of carbonyl (C=O) groups is 1. The molecule has 0 aliphatic carbocycles. The van der Waals surface area contributed by atoms with E-state index in [1.807, 2.05) is 39.8 Å². The van der Waals surface area contributed by atoms with Gasteiger partial charge in [0, 0.05) is 0 Å². The number of nitrogens with two attached hydrogens (primary N) is 1. The van der Waals surface area contributed by atoms with Crippen LogP contribution in [-0.4, -0.2) is 18.4 Å². The van der Waals surface area contributed by atoms with Crippen molar-refractivity contribution in [1.29, 1.82) is 0 Å². The van der Waals surface area contributed by atoms with Crippen molar-refractivity contribution in [3.8, 4) is 5.75 Å². The molecule has 0 amide bonds. The summed E-state index contributed by atoms with van der Waals surface area (Å²) in [5.41, 5.74) is 6.30. The van der Waals surface area contributed by atoms with Crippen molar-refractivity contribution in [3.63, 3.8) is 0 Å². The van der Waals surface area contributed by atoms with Crippen molar-refractivity contribution in [2.75, 3.05) is 6.61 Å². The van der Waals surface area contributed by atoms with Crippen LogP contribution >= 0.6 is 0 Å². The maximum atomic E-state index is 12.3. The van der Waals surface area contributed by atoms with Gasteiger partial charge in [-0.15, -0.1) is 0 Å². The molecule has 94 valence electrons. The van der Waals surface area contributed by atoms with E-state index in [-0.39, 0.29) is 11.2 Å². The van der Waals surface area contributed by atoms with Crippen molar-refractivity contribution in [1.82, 2.24) is 0 Å². The monoisotopic (exact) mass is 235 g/mol. The first-order chi connectivity index (χ1) is 7.88. The molecule has 0 bridgehead atoms. The summed E-state index contributed by atoms with van der Waals surface area (Å²) in [4.78, 5) is 12.3. The first-order valence-corrected chi connectivity index (χ1v) is 5.89. The van der Waals surface area contributed by atoms with Crippen molar-refractivity contribution < 1.29 is 9.53 Å². The predicted molar refractivity (Wildman–Crippen MR) is 69.4 cm³/mol. The van der Waals surface area contributed by atoms with E-state index in [1.54, 1.807) is 12.1 Å². The molecule has 1 aromatic carbocycles. The Morgan fingerprint density at radius 1 is 1.35 bits per heavy atom. The highest BCUT2D eigenvalue weighted by Crippen LogP contribution is 2.25. The van der Waals surface area contributed by atoms with Gasteiger partial charge in [0.05, 0.1) is 18.2 Å². The molecule has 0 spiro atoms. The molecule has 1 atom stereocenters. The molecule has 1 rings (SSSR count). The van der Waals surface area contributed by atoms with Crippen molar-refractivity contribution in [2.24, 2.45) is 11.1 Å². The fourth-order valence-corrected chi connectivity index (χ4v) is 1.51. The second-order valence-corrected chi connectivity index (χ2v) is 5.14. The van der Waals surface area contributed by atoms with Crippen LogP contribution in [0.25, 0.3) is 0 Å². The molecule has 3 heteroatoms. The average Bonchev–Trinajstić information content (AvgIpc) is 2.27. The Labute approximate surface area is 103 Å². The molecular formula is C14H21NO2. The lowest BCUT2D eigenvalue weighted by molar-refractivity contribution is 0.0897. The van der Waals surface area contributed by atoms with Crippen LogP contribution in [0.15, 0.2) is 24.3 Å². The molecule has 1 unspecified atom stereocenters. The van der Waals surface area contributed by atoms with Gasteiger partial charge in [0.2, 0.25) is 0 Å². The molecule has 1 aromatic rings. The van der Waals surface area contributed by atoms with Gasteiger partial charge in [0.15, 0.2) is 5.78 Å². The number of carbonyl (C=O) groups excluding carboxylic acids is 1. The van der Waals surface area contributed by atoms with Crippen LogP contribution in [0.3, 0.4) is 0 Å². The summed E-state index contributed by atoms with van der Waals surface area (Å²) in [5, 5.41) is 0. The van der Waals surface area contributed by atoms with Gasteiger partial charge in [-0.05, 0) is 24.5 Å². The fraction of sp³-hybridized carbons (Fsp3) is 0.500. The molecule has 0 radical (unpaired) electrons. The average molecular weight is 235 g/mol. The zero-order valence-corrected chi connectivity index (χ0v) is 11.0. The minimum atomic E-state index is -0.524. The zero-order valence-electron chi connectivity index (χ0n) is 11.0. The van der Waals surface area contributed by atoms with E-state index in [0.29, 0.717) is 17.9 Å². The predicted octanol–water partition coefficient (Wildman–Crippen LogP) is 2.64. The number of rotatable bonds is 4. The highest BCUT2D eigenvalue weighted by Gasteiger charge is 2.29. The Morgan fingerprint density at radius 3 is 2.47 bits per heavy atom. The fourth-order valence-electron chi connectivity index (χ4n) is 1.51. The van der Waals surface area contributed by atoms with Crippen LogP contribution < -0.4 is 10.5 Å². The molecular weight excluding hydrogens is 214 g/mol. The van der Waals surface area contributed by atoms with Gasteiger partial charge < -0.3 is 10.5 Å². The lowest BCUT2D eigenvalue weighted by atomic mass is 9.83. The van der Waals surface area contributed by atoms with Crippen LogP contribution in [0.1, 0.15) is 38.1 Å². The van der Waals surface area contributed by atoms with E-state index < -0.39 is 6.04 Å². The summed E-state index contributed by atoms with van der Waals surface area (Å²) in [5.74, 6) is 0.543. The molecule has 0 saturated carbocycles. The van der Waals surface area contributed by atoms with E-state index in [9.17, 15) is 4.79 Å². The van der Waals surface area contributed by atoms with Crippen LogP contribution in [0.5, 0.6) is 5.75 Å². The molecule has 0 aromatic heterocycles. The van der Waals surface area contributed by atoms with Crippen molar-refractivity contribution in [2.45, 2.75) is 33.7 Å². The second-order valence-electron chi connectivity index (χ2n) is 5.14. The Balaban J connectivity index is 3.04. The third-order valence-electron chi connectivity index (χ3n) is 2.67. The smallest absolute Gasteiger partial charge is 0.183 e. The van der Waals surface area contributed by atoms with Gasteiger partial charge in [-0.1, -0.05) is 32.9 Å². The first-order valence-electron chi connectivity index (χ1n) is 5.89. The molecule has 0 saturated heterocycles. The highest BCUT2D eigenvalue weighted by molar-refractivity contribution is 6.02. The van der Waals surface area contributed by atoms with E-state index in [1.165, 1.54) is 0 Å². The summed E-state index contributed by atoms with van der Waals surface area (Å²) in [6, 6.07) is 6.71. The number of para-hydroxylation sites is 1. The minimum absolute atomic E-state index is 0.0680. The van der Waals surface area contributed by atoms with Crippen LogP contribution in [0.2, 0.25) is 0 Å². The first kappa shape index (κ1) is 13.7. The number of ether oxygens (including phenoxy) is 1. The molecule has 0 aliphatic heterocycles. The van der Waals surface area contributed by atoms with Crippen LogP contribution in [0, 0.1) is 5.41 Å². The maximum absolute atomic E-state index is 12.3. The SMILES string of the molecule is CCOc1ccccc1C(=O)C(N)C(C)(C)C. The minimum Gasteiger partial charge on any atom is -0.493 e. The Morgan fingerprint density at radius 2 is 1.94 bits per heavy atom. The molecule has 3 nitrogen and oxygen atoms in total. The van der Waals surface area contributed by atoms with Gasteiger partial charge in [0.1, 0.15) is 5.75 Å². The van der Waals surface area contributed by atoms with Crippen molar-refractivity contribution >= 4 is 5.78 Å². The van der Waals surface area contributed by atoms with Gasteiger partial charge in [-0.2, -0.15) is 0 Å². The molecule has 17 heavy (non-hydrogen) atoms.